The molecule has 0 spiro atoms. The lowest BCUT2D eigenvalue weighted by atomic mass is 9.59. The Morgan fingerprint density at radius 1 is 1.24 bits per heavy atom. The Labute approximate surface area is 126 Å². The maximum absolute atomic E-state index is 10.4. The maximum Gasteiger partial charge on any atom is 0.119 e. The van der Waals surface area contributed by atoms with Crippen molar-refractivity contribution in [1.29, 1.82) is 0 Å². The number of aliphatic hydroxyl groups excluding tert-OH is 1. The highest BCUT2D eigenvalue weighted by Crippen LogP contribution is 2.59. The van der Waals surface area contributed by atoms with Crippen molar-refractivity contribution in [3.63, 3.8) is 0 Å². The zero-order chi connectivity index (χ0) is 14.6. The highest BCUT2D eigenvalue weighted by molar-refractivity contribution is 5.47. The standard InChI is InChI=1S/C19H24O2/c1-19-10-9-15-14-6-4-13(21-2)11-12(14)3-5-16(15)17(19)7-8-18(19)20/h4-6,11,15,17-18,20H,3,7-10H2,1-2H3/t15-,17+,18+,19?/m1/s1. The second-order valence-corrected chi connectivity index (χ2v) is 7.22. The number of rotatable bonds is 1. The van der Waals surface area contributed by atoms with Gasteiger partial charge in [0.25, 0.3) is 0 Å². The molecular formula is C19H24O2. The Morgan fingerprint density at radius 2 is 2.10 bits per heavy atom. The molecule has 1 unspecified atom stereocenters. The van der Waals surface area contributed by atoms with Crippen molar-refractivity contribution in [2.45, 2.75) is 51.0 Å². The van der Waals surface area contributed by atoms with Crippen LogP contribution in [0, 0.1) is 11.3 Å². The molecule has 0 aromatic heterocycles. The Bertz CT molecular complexity index is 604. The first-order valence-electron chi connectivity index (χ1n) is 8.18. The van der Waals surface area contributed by atoms with Crippen molar-refractivity contribution in [1.82, 2.24) is 0 Å². The van der Waals surface area contributed by atoms with Gasteiger partial charge in [-0.15, -0.1) is 0 Å². The fourth-order valence-corrected chi connectivity index (χ4v) is 5.04. The molecule has 4 rings (SSSR count). The molecule has 3 aliphatic carbocycles. The summed E-state index contributed by atoms with van der Waals surface area (Å²) in [6.07, 6.45) is 7.81. The minimum absolute atomic E-state index is 0.110. The molecule has 3 aliphatic rings. The third-order valence-corrected chi connectivity index (χ3v) is 6.35. The number of ether oxygens (including phenoxy) is 1. The van der Waals surface area contributed by atoms with Gasteiger partial charge in [0.15, 0.2) is 0 Å². The van der Waals surface area contributed by atoms with Gasteiger partial charge < -0.3 is 9.84 Å². The molecule has 1 N–H and O–H groups in total. The lowest BCUT2D eigenvalue weighted by Crippen LogP contribution is -2.39. The van der Waals surface area contributed by atoms with E-state index in [4.69, 9.17) is 4.74 Å². The van der Waals surface area contributed by atoms with E-state index in [0.717, 1.165) is 31.4 Å². The summed E-state index contributed by atoms with van der Waals surface area (Å²) in [7, 11) is 1.73. The molecule has 4 atom stereocenters. The van der Waals surface area contributed by atoms with Gasteiger partial charge in [-0.1, -0.05) is 24.6 Å². The smallest absolute Gasteiger partial charge is 0.119 e. The monoisotopic (exact) mass is 284 g/mol. The van der Waals surface area contributed by atoms with Crippen LogP contribution in [0.5, 0.6) is 5.75 Å². The average molecular weight is 284 g/mol. The molecule has 0 amide bonds. The van der Waals surface area contributed by atoms with Crippen LogP contribution in [0.15, 0.2) is 29.8 Å². The Morgan fingerprint density at radius 3 is 2.90 bits per heavy atom. The molecule has 112 valence electrons. The topological polar surface area (TPSA) is 29.5 Å². The van der Waals surface area contributed by atoms with Crippen LogP contribution in [0.1, 0.15) is 49.7 Å². The first-order chi connectivity index (χ1) is 10.1. The second kappa shape index (κ2) is 4.61. The number of hydrogen-bond acceptors (Lipinski definition) is 2. The van der Waals surface area contributed by atoms with Gasteiger partial charge in [0.05, 0.1) is 13.2 Å². The molecule has 21 heavy (non-hydrogen) atoms. The Kier molecular flexibility index (Phi) is 2.94. The van der Waals surface area contributed by atoms with Gasteiger partial charge in [-0.2, -0.15) is 0 Å². The summed E-state index contributed by atoms with van der Waals surface area (Å²) >= 11 is 0. The molecule has 0 radical (unpaired) electrons. The van der Waals surface area contributed by atoms with Gasteiger partial charge in [-0.05, 0) is 61.3 Å². The van der Waals surface area contributed by atoms with E-state index in [9.17, 15) is 5.11 Å². The molecule has 2 heteroatoms. The predicted molar refractivity (Wildman–Crippen MR) is 83.6 cm³/mol. The third kappa shape index (κ3) is 1.81. The first kappa shape index (κ1) is 13.4. The summed E-state index contributed by atoms with van der Waals surface area (Å²) in [6.45, 7) is 2.30. The maximum atomic E-state index is 10.4. The van der Waals surface area contributed by atoms with Crippen molar-refractivity contribution >= 4 is 0 Å². The molecule has 2 fully saturated rings. The largest absolute Gasteiger partial charge is 0.497 e. The summed E-state index contributed by atoms with van der Waals surface area (Å²) in [4.78, 5) is 0. The highest BCUT2D eigenvalue weighted by Gasteiger charge is 2.51. The van der Waals surface area contributed by atoms with Crippen molar-refractivity contribution in [3.05, 3.63) is 41.0 Å². The van der Waals surface area contributed by atoms with Crippen molar-refractivity contribution < 1.29 is 9.84 Å². The molecular weight excluding hydrogens is 260 g/mol. The minimum atomic E-state index is -0.110. The predicted octanol–water partition coefficient (Wildman–Crippen LogP) is 3.83. The van der Waals surface area contributed by atoms with Gasteiger partial charge in [0, 0.05) is 11.3 Å². The Hall–Kier alpha value is -1.28. The van der Waals surface area contributed by atoms with E-state index in [1.807, 2.05) is 0 Å². The summed E-state index contributed by atoms with van der Waals surface area (Å²) in [5.41, 5.74) is 4.65. The van der Waals surface area contributed by atoms with Gasteiger partial charge in [0.2, 0.25) is 0 Å². The van der Waals surface area contributed by atoms with Gasteiger partial charge >= 0.3 is 0 Å². The molecule has 1 aromatic rings. The molecule has 2 nitrogen and oxygen atoms in total. The lowest BCUT2D eigenvalue weighted by molar-refractivity contribution is 0.0267. The van der Waals surface area contributed by atoms with E-state index < -0.39 is 0 Å². The van der Waals surface area contributed by atoms with Gasteiger partial charge in [0.1, 0.15) is 5.75 Å². The number of benzene rings is 1. The summed E-state index contributed by atoms with van der Waals surface area (Å²) in [5.74, 6) is 2.12. The number of fused-ring (bicyclic) bond motifs is 5. The quantitative estimate of drug-likeness (QED) is 0.794. The van der Waals surface area contributed by atoms with E-state index in [1.54, 1.807) is 12.7 Å². The fraction of sp³-hybridized carbons (Fsp3) is 0.579. The van der Waals surface area contributed by atoms with Crippen LogP contribution in [0.2, 0.25) is 0 Å². The van der Waals surface area contributed by atoms with Crippen molar-refractivity contribution in [2.75, 3.05) is 7.11 Å². The molecule has 1 aromatic carbocycles. The van der Waals surface area contributed by atoms with E-state index >= 15 is 0 Å². The minimum Gasteiger partial charge on any atom is -0.497 e. The van der Waals surface area contributed by atoms with Crippen LogP contribution in [0.25, 0.3) is 0 Å². The molecule has 0 heterocycles. The molecule has 0 aliphatic heterocycles. The second-order valence-electron chi connectivity index (χ2n) is 7.22. The van der Waals surface area contributed by atoms with Crippen LogP contribution in [0.4, 0.5) is 0 Å². The summed E-state index contributed by atoms with van der Waals surface area (Å²) in [6, 6.07) is 6.55. The number of aliphatic hydroxyl groups is 1. The van der Waals surface area contributed by atoms with Gasteiger partial charge in [-0.25, -0.2) is 0 Å². The van der Waals surface area contributed by atoms with Crippen LogP contribution < -0.4 is 4.74 Å². The average Bonchev–Trinajstić information content (AvgIpc) is 2.82. The van der Waals surface area contributed by atoms with Crippen LogP contribution in [-0.4, -0.2) is 18.3 Å². The molecule has 0 saturated heterocycles. The molecule has 0 bridgehead atoms. The third-order valence-electron chi connectivity index (χ3n) is 6.35. The van der Waals surface area contributed by atoms with Crippen LogP contribution in [-0.2, 0) is 6.42 Å². The first-order valence-corrected chi connectivity index (χ1v) is 8.18. The van der Waals surface area contributed by atoms with Crippen LogP contribution >= 0.6 is 0 Å². The Balaban J connectivity index is 1.73. The van der Waals surface area contributed by atoms with E-state index in [1.165, 1.54) is 17.5 Å². The SMILES string of the molecule is COc1ccc2c(c1)CC=C1[C@@H]2CCC2(C)[C@@H](O)CC[C@@H]12. The zero-order valence-electron chi connectivity index (χ0n) is 12.9. The van der Waals surface area contributed by atoms with E-state index in [2.05, 4.69) is 31.2 Å². The summed E-state index contributed by atoms with van der Waals surface area (Å²) < 4.78 is 5.36. The van der Waals surface area contributed by atoms with Gasteiger partial charge in [-0.3, -0.25) is 0 Å². The van der Waals surface area contributed by atoms with Crippen molar-refractivity contribution in [3.8, 4) is 5.75 Å². The highest BCUT2D eigenvalue weighted by atomic mass is 16.5. The molecule has 2 saturated carbocycles. The van der Waals surface area contributed by atoms with Crippen molar-refractivity contribution in [2.24, 2.45) is 11.3 Å². The normalized spacial score (nSPS) is 37.3. The number of allylic oxidation sites excluding steroid dienone is 2. The van der Waals surface area contributed by atoms with E-state index in [0.29, 0.717) is 11.8 Å². The summed E-state index contributed by atoms with van der Waals surface area (Å²) in [5, 5.41) is 10.4. The fourth-order valence-electron chi connectivity index (χ4n) is 5.04. The van der Waals surface area contributed by atoms with Crippen LogP contribution in [0.3, 0.4) is 0 Å². The number of hydrogen-bond donors (Lipinski definition) is 1. The van der Waals surface area contributed by atoms with E-state index in [-0.39, 0.29) is 11.5 Å². The number of methoxy groups -OCH3 is 1. The lowest BCUT2D eigenvalue weighted by Gasteiger charge is -2.46. The zero-order valence-corrected chi connectivity index (χ0v) is 12.9.